The van der Waals surface area contributed by atoms with E-state index in [1.54, 1.807) is 39.8 Å². The van der Waals surface area contributed by atoms with Gasteiger partial charge >= 0.3 is 12.1 Å². The van der Waals surface area contributed by atoms with Crippen molar-refractivity contribution in [2.75, 3.05) is 11.4 Å². The fourth-order valence-corrected chi connectivity index (χ4v) is 1.57. The predicted octanol–water partition coefficient (Wildman–Crippen LogP) is 3.70. The zero-order chi connectivity index (χ0) is 15.3. The first-order valence-electron chi connectivity index (χ1n) is 6.06. The molecule has 0 spiro atoms. The van der Waals surface area contributed by atoms with Gasteiger partial charge in [-0.2, -0.15) is 0 Å². The number of carbonyl (C=O) groups excluding carboxylic acids is 2. The van der Waals surface area contributed by atoms with Crippen molar-refractivity contribution in [3.05, 3.63) is 29.3 Å². The van der Waals surface area contributed by atoms with Gasteiger partial charge in [-0.05, 0) is 45.4 Å². The van der Waals surface area contributed by atoms with E-state index in [-0.39, 0.29) is 6.07 Å². The second-order valence-corrected chi connectivity index (χ2v) is 5.42. The number of hydrogen-bond acceptors (Lipinski definition) is 4. The van der Waals surface area contributed by atoms with Gasteiger partial charge in [0.1, 0.15) is 5.60 Å². The number of hydrogen-bond donors (Lipinski definition) is 1. The molecule has 0 radical (unpaired) electrons. The molecule has 6 heteroatoms. The molecule has 0 aromatic heterocycles. The Balaban J connectivity index is 2.85. The van der Waals surface area contributed by atoms with Crippen molar-refractivity contribution in [3.8, 4) is 0 Å². The van der Waals surface area contributed by atoms with E-state index in [4.69, 9.17) is 21.1 Å². The Hall–Kier alpha value is -1.75. The summed E-state index contributed by atoms with van der Waals surface area (Å²) in [4.78, 5) is 23.3. The molecule has 1 aromatic carbocycles. The Morgan fingerprint density at radius 2 is 1.95 bits per heavy atom. The Labute approximate surface area is 123 Å². The van der Waals surface area contributed by atoms with Crippen LogP contribution < -0.4 is 5.32 Å². The van der Waals surface area contributed by atoms with Crippen molar-refractivity contribution < 1.29 is 19.1 Å². The van der Waals surface area contributed by atoms with Crippen LogP contribution in [0.3, 0.4) is 0 Å². The third-order valence-corrected chi connectivity index (χ3v) is 2.40. The summed E-state index contributed by atoms with van der Waals surface area (Å²) in [6.45, 7) is 7.07. The van der Waals surface area contributed by atoms with E-state index in [1.165, 1.54) is 6.07 Å². The number of alkyl halides is 1. The molecular weight excluding hydrogens is 282 g/mol. The maximum absolute atomic E-state index is 11.7. The van der Waals surface area contributed by atoms with Crippen LogP contribution in [0.4, 0.5) is 10.5 Å². The standard InChI is InChI=1S/C14H18ClNO4/c1-9-5-6-10(7-11(9)12(17)19-8-15)16-13(18)20-14(2,3)4/h5-7H,8H2,1-4H3,(H,16,18). The number of nitrogens with one attached hydrogen (secondary N) is 1. The smallest absolute Gasteiger partial charge is 0.412 e. The molecule has 0 heterocycles. The summed E-state index contributed by atoms with van der Waals surface area (Å²) in [5, 5.41) is 2.56. The number of rotatable bonds is 3. The molecule has 1 N–H and O–H groups in total. The third kappa shape index (κ3) is 5.09. The zero-order valence-electron chi connectivity index (χ0n) is 12.0. The van der Waals surface area contributed by atoms with Crippen LogP contribution >= 0.6 is 11.6 Å². The number of aryl methyl sites for hydroxylation is 1. The minimum atomic E-state index is -0.588. The second kappa shape index (κ2) is 6.61. The molecule has 20 heavy (non-hydrogen) atoms. The molecule has 0 aliphatic carbocycles. The quantitative estimate of drug-likeness (QED) is 0.683. The summed E-state index contributed by atoms with van der Waals surface area (Å²) < 4.78 is 9.86. The number of anilines is 1. The lowest BCUT2D eigenvalue weighted by Gasteiger charge is -2.19. The Bertz CT molecular complexity index is 508. The lowest BCUT2D eigenvalue weighted by molar-refractivity contribution is 0.0570. The van der Waals surface area contributed by atoms with Gasteiger partial charge in [0.2, 0.25) is 0 Å². The Morgan fingerprint density at radius 1 is 1.30 bits per heavy atom. The van der Waals surface area contributed by atoms with Gasteiger partial charge in [-0.25, -0.2) is 9.59 Å². The first-order chi connectivity index (χ1) is 9.23. The molecule has 0 saturated heterocycles. The molecule has 110 valence electrons. The molecule has 0 saturated carbocycles. The molecule has 0 atom stereocenters. The third-order valence-electron chi connectivity index (χ3n) is 2.29. The van der Waals surface area contributed by atoms with Gasteiger partial charge in [0.25, 0.3) is 0 Å². The number of halogens is 1. The van der Waals surface area contributed by atoms with E-state index < -0.39 is 17.7 Å². The Kier molecular flexibility index (Phi) is 5.39. The number of ether oxygens (including phenoxy) is 2. The highest BCUT2D eigenvalue weighted by molar-refractivity contribution is 6.17. The summed E-state index contributed by atoms with van der Waals surface area (Å²) in [6, 6.07) is 4.68. The van der Waals surface area contributed by atoms with Gasteiger partial charge in [-0.15, -0.1) is 0 Å². The molecule has 0 aliphatic heterocycles. The van der Waals surface area contributed by atoms with Crippen LogP contribution in [0.2, 0.25) is 0 Å². The largest absolute Gasteiger partial charge is 0.446 e. The van der Waals surface area contributed by atoms with Gasteiger partial charge in [0, 0.05) is 5.69 Å². The van der Waals surface area contributed by atoms with Crippen molar-refractivity contribution in [3.63, 3.8) is 0 Å². The molecular formula is C14H18ClNO4. The maximum atomic E-state index is 11.7. The van der Waals surface area contributed by atoms with Crippen molar-refractivity contribution in [1.29, 1.82) is 0 Å². The molecule has 0 unspecified atom stereocenters. The normalized spacial score (nSPS) is 10.8. The fraction of sp³-hybridized carbons (Fsp3) is 0.429. The van der Waals surface area contributed by atoms with Gasteiger partial charge < -0.3 is 9.47 Å². The highest BCUT2D eigenvalue weighted by Crippen LogP contribution is 2.18. The summed E-state index contributed by atoms with van der Waals surface area (Å²) in [5.74, 6) is -0.537. The van der Waals surface area contributed by atoms with Crippen LogP contribution in [0.1, 0.15) is 36.7 Å². The van der Waals surface area contributed by atoms with Crippen molar-refractivity contribution >= 4 is 29.4 Å². The maximum Gasteiger partial charge on any atom is 0.412 e. The number of benzene rings is 1. The number of carbonyl (C=O) groups is 2. The fourth-order valence-electron chi connectivity index (χ4n) is 1.47. The van der Waals surface area contributed by atoms with Gasteiger partial charge in [-0.1, -0.05) is 17.7 Å². The minimum absolute atomic E-state index is 0.220. The lowest BCUT2D eigenvalue weighted by atomic mass is 10.1. The van der Waals surface area contributed by atoms with Gasteiger partial charge in [0.15, 0.2) is 6.07 Å². The first kappa shape index (κ1) is 16.3. The zero-order valence-corrected chi connectivity index (χ0v) is 12.7. The average molecular weight is 300 g/mol. The van der Waals surface area contributed by atoms with Gasteiger partial charge in [-0.3, -0.25) is 5.32 Å². The lowest BCUT2D eigenvalue weighted by Crippen LogP contribution is -2.27. The minimum Gasteiger partial charge on any atom is -0.446 e. The topological polar surface area (TPSA) is 64.6 Å². The van der Waals surface area contributed by atoms with E-state index >= 15 is 0 Å². The van der Waals surface area contributed by atoms with Gasteiger partial charge in [0.05, 0.1) is 5.56 Å². The van der Waals surface area contributed by atoms with Crippen LogP contribution in [0, 0.1) is 6.92 Å². The van der Waals surface area contributed by atoms with Crippen LogP contribution in [0.5, 0.6) is 0 Å². The predicted molar refractivity (Wildman–Crippen MR) is 77.2 cm³/mol. The number of amides is 1. The molecule has 0 fully saturated rings. The van der Waals surface area contributed by atoms with Crippen molar-refractivity contribution in [1.82, 2.24) is 0 Å². The summed E-state index contributed by atoms with van der Waals surface area (Å²) >= 11 is 5.36. The second-order valence-electron chi connectivity index (χ2n) is 5.20. The molecule has 1 amide bonds. The summed E-state index contributed by atoms with van der Waals surface area (Å²) in [5.41, 5.74) is 0.940. The van der Waals surface area contributed by atoms with E-state index in [2.05, 4.69) is 5.32 Å². The van der Waals surface area contributed by atoms with E-state index in [0.717, 1.165) is 5.56 Å². The Morgan fingerprint density at radius 3 is 2.50 bits per heavy atom. The SMILES string of the molecule is Cc1ccc(NC(=O)OC(C)(C)C)cc1C(=O)OCCl. The highest BCUT2D eigenvalue weighted by atomic mass is 35.5. The van der Waals surface area contributed by atoms with Crippen LogP contribution in [-0.4, -0.2) is 23.7 Å². The van der Waals surface area contributed by atoms with Crippen LogP contribution in [-0.2, 0) is 9.47 Å². The molecule has 1 rings (SSSR count). The summed E-state index contributed by atoms with van der Waals surface area (Å²) in [7, 11) is 0. The van der Waals surface area contributed by atoms with E-state index in [9.17, 15) is 9.59 Å². The molecule has 1 aromatic rings. The van der Waals surface area contributed by atoms with E-state index in [1.807, 2.05) is 0 Å². The number of esters is 1. The monoisotopic (exact) mass is 299 g/mol. The van der Waals surface area contributed by atoms with Crippen LogP contribution in [0.25, 0.3) is 0 Å². The van der Waals surface area contributed by atoms with Crippen molar-refractivity contribution in [2.45, 2.75) is 33.3 Å². The van der Waals surface area contributed by atoms with Crippen LogP contribution in [0.15, 0.2) is 18.2 Å². The summed E-state index contributed by atoms with van der Waals surface area (Å²) in [6.07, 6.45) is -0.585. The average Bonchev–Trinajstić information content (AvgIpc) is 2.29. The molecule has 0 bridgehead atoms. The highest BCUT2D eigenvalue weighted by Gasteiger charge is 2.17. The molecule has 0 aliphatic rings. The van der Waals surface area contributed by atoms with Crippen molar-refractivity contribution in [2.24, 2.45) is 0 Å². The van der Waals surface area contributed by atoms with E-state index in [0.29, 0.717) is 11.3 Å². The first-order valence-corrected chi connectivity index (χ1v) is 6.60. The molecule has 5 nitrogen and oxygen atoms in total.